The molecule has 7 heteroatoms. The minimum Gasteiger partial charge on any atom is -0.440 e. The number of sulfone groups is 1. The first-order valence-corrected chi connectivity index (χ1v) is 9.79. The summed E-state index contributed by atoms with van der Waals surface area (Å²) < 4.78 is 28.1. The molecule has 0 radical (unpaired) electrons. The molecule has 0 atom stereocenters. The van der Waals surface area contributed by atoms with Gasteiger partial charge in [0.05, 0.1) is 11.4 Å². The number of hydrogen-bond donors (Lipinski definition) is 1. The van der Waals surface area contributed by atoms with Crippen molar-refractivity contribution in [2.45, 2.75) is 24.4 Å². The first-order valence-electron chi connectivity index (χ1n) is 7.90. The predicted molar refractivity (Wildman–Crippen MR) is 92.3 cm³/mol. The van der Waals surface area contributed by atoms with E-state index in [2.05, 4.69) is 10.2 Å². The number of rotatable bonds is 4. The summed E-state index contributed by atoms with van der Waals surface area (Å²) >= 11 is 0. The minimum absolute atomic E-state index is 0.0242. The number of carbonyl (C=O) groups is 1. The van der Waals surface area contributed by atoms with E-state index in [1.165, 1.54) is 18.6 Å². The summed E-state index contributed by atoms with van der Waals surface area (Å²) in [5, 5.41) is 2.61. The fourth-order valence-electron chi connectivity index (χ4n) is 2.82. The van der Waals surface area contributed by atoms with Crippen molar-refractivity contribution in [1.82, 2.24) is 0 Å². The van der Waals surface area contributed by atoms with E-state index in [0.717, 1.165) is 37.9 Å². The van der Waals surface area contributed by atoms with Gasteiger partial charge in [0.25, 0.3) is 5.91 Å². The van der Waals surface area contributed by atoms with E-state index < -0.39 is 15.7 Å². The lowest BCUT2D eigenvalue weighted by Crippen LogP contribution is -2.30. The number of para-hydroxylation sites is 2. The molecule has 1 aromatic carbocycles. The van der Waals surface area contributed by atoms with Gasteiger partial charge in [0.1, 0.15) is 0 Å². The zero-order valence-corrected chi connectivity index (χ0v) is 14.3. The summed E-state index contributed by atoms with van der Waals surface area (Å²) in [6, 6.07) is 10.3. The van der Waals surface area contributed by atoms with Gasteiger partial charge in [-0.1, -0.05) is 12.1 Å². The molecule has 0 bridgehead atoms. The number of hydrogen-bond acceptors (Lipinski definition) is 5. The quantitative estimate of drug-likeness (QED) is 0.919. The Morgan fingerprint density at radius 3 is 2.46 bits per heavy atom. The summed E-state index contributed by atoms with van der Waals surface area (Å²) in [7, 11) is -3.47. The number of benzene rings is 1. The van der Waals surface area contributed by atoms with Gasteiger partial charge in [-0.15, -0.1) is 0 Å². The summed E-state index contributed by atoms with van der Waals surface area (Å²) in [5.74, 6) is -0.488. The highest BCUT2D eigenvalue weighted by molar-refractivity contribution is 7.90. The second kappa shape index (κ2) is 6.68. The Hall–Kier alpha value is -2.28. The zero-order valence-electron chi connectivity index (χ0n) is 13.5. The number of anilines is 2. The van der Waals surface area contributed by atoms with E-state index in [-0.39, 0.29) is 10.9 Å². The smallest absolute Gasteiger partial charge is 0.291 e. The van der Waals surface area contributed by atoms with Gasteiger partial charge in [0.2, 0.25) is 14.9 Å². The second-order valence-electron chi connectivity index (χ2n) is 5.91. The molecule has 1 aromatic heterocycles. The third-order valence-electron chi connectivity index (χ3n) is 4.02. The molecule has 1 fully saturated rings. The van der Waals surface area contributed by atoms with Gasteiger partial charge in [-0.3, -0.25) is 4.79 Å². The Morgan fingerprint density at radius 2 is 1.79 bits per heavy atom. The molecular weight excluding hydrogens is 328 g/mol. The molecular formula is C17H20N2O4S. The summed E-state index contributed by atoms with van der Waals surface area (Å²) in [5.41, 5.74) is 1.67. The maximum atomic E-state index is 12.4. The van der Waals surface area contributed by atoms with E-state index in [0.29, 0.717) is 5.69 Å². The number of piperidine rings is 1. The van der Waals surface area contributed by atoms with Gasteiger partial charge in [0.15, 0.2) is 5.76 Å². The Labute approximate surface area is 141 Å². The van der Waals surface area contributed by atoms with Gasteiger partial charge < -0.3 is 14.6 Å². The molecule has 0 unspecified atom stereocenters. The van der Waals surface area contributed by atoms with Crippen molar-refractivity contribution in [3.05, 3.63) is 42.2 Å². The summed E-state index contributed by atoms with van der Waals surface area (Å²) in [6.07, 6.45) is 4.54. The molecule has 1 saturated heterocycles. The first-order chi connectivity index (χ1) is 11.4. The summed E-state index contributed by atoms with van der Waals surface area (Å²) in [4.78, 5) is 14.6. The van der Waals surface area contributed by atoms with Crippen LogP contribution >= 0.6 is 0 Å². The average molecular weight is 348 g/mol. The molecule has 2 heterocycles. The fourth-order valence-corrected chi connectivity index (χ4v) is 3.37. The molecule has 1 amide bonds. The van der Waals surface area contributed by atoms with Crippen molar-refractivity contribution < 1.29 is 17.6 Å². The van der Waals surface area contributed by atoms with Crippen LogP contribution in [0.15, 0.2) is 45.9 Å². The number of nitrogens with one attached hydrogen (secondary N) is 1. The highest BCUT2D eigenvalue weighted by Gasteiger charge is 2.19. The van der Waals surface area contributed by atoms with Crippen LogP contribution in [0.5, 0.6) is 0 Å². The minimum atomic E-state index is -3.47. The van der Waals surface area contributed by atoms with Gasteiger partial charge >= 0.3 is 0 Å². The molecule has 1 N–H and O–H groups in total. The standard InChI is InChI=1S/C17H20N2O4S/c1-24(21,22)16-10-9-15(23-16)17(20)18-13-7-3-4-8-14(13)19-11-5-2-6-12-19/h3-4,7-10H,2,5-6,11-12H2,1H3,(H,18,20). The highest BCUT2D eigenvalue weighted by atomic mass is 32.2. The maximum absolute atomic E-state index is 12.4. The van der Waals surface area contributed by atoms with Crippen molar-refractivity contribution in [1.29, 1.82) is 0 Å². The lowest BCUT2D eigenvalue weighted by Gasteiger charge is -2.30. The van der Waals surface area contributed by atoms with Crippen molar-refractivity contribution in [2.75, 3.05) is 29.6 Å². The van der Waals surface area contributed by atoms with E-state index in [1.807, 2.05) is 24.3 Å². The van der Waals surface area contributed by atoms with E-state index in [1.54, 1.807) is 0 Å². The van der Waals surface area contributed by atoms with Gasteiger partial charge in [-0.2, -0.15) is 0 Å². The van der Waals surface area contributed by atoms with E-state index in [4.69, 9.17) is 4.42 Å². The van der Waals surface area contributed by atoms with Gasteiger partial charge in [-0.05, 0) is 43.5 Å². The number of nitrogens with zero attached hydrogens (tertiary/aromatic N) is 1. The number of amides is 1. The average Bonchev–Trinajstić information content (AvgIpc) is 3.07. The molecule has 2 aromatic rings. The first kappa shape index (κ1) is 16.6. The maximum Gasteiger partial charge on any atom is 0.291 e. The Kier molecular flexibility index (Phi) is 4.62. The van der Waals surface area contributed by atoms with Crippen LogP contribution in [-0.2, 0) is 9.84 Å². The van der Waals surface area contributed by atoms with Crippen LogP contribution in [0, 0.1) is 0 Å². The van der Waals surface area contributed by atoms with Crippen LogP contribution in [0.3, 0.4) is 0 Å². The largest absolute Gasteiger partial charge is 0.440 e. The fraction of sp³-hybridized carbons (Fsp3) is 0.353. The van der Waals surface area contributed by atoms with Crippen LogP contribution in [0.2, 0.25) is 0 Å². The van der Waals surface area contributed by atoms with Crippen molar-refractivity contribution in [3.8, 4) is 0 Å². The van der Waals surface area contributed by atoms with E-state index >= 15 is 0 Å². The topological polar surface area (TPSA) is 79.6 Å². The Bertz CT molecular complexity index is 836. The SMILES string of the molecule is CS(=O)(=O)c1ccc(C(=O)Nc2ccccc2N2CCCCC2)o1. The molecule has 1 aliphatic rings. The van der Waals surface area contributed by atoms with Crippen LogP contribution in [0.1, 0.15) is 29.8 Å². The van der Waals surface area contributed by atoms with Crippen LogP contribution in [0.4, 0.5) is 11.4 Å². The molecule has 0 spiro atoms. The van der Waals surface area contributed by atoms with Crippen molar-refractivity contribution in [3.63, 3.8) is 0 Å². The summed E-state index contributed by atoms with van der Waals surface area (Å²) in [6.45, 7) is 1.93. The van der Waals surface area contributed by atoms with Crippen LogP contribution < -0.4 is 10.2 Å². The lowest BCUT2D eigenvalue weighted by atomic mass is 10.1. The normalized spacial score (nSPS) is 15.3. The van der Waals surface area contributed by atoms with Crippen LogP contribution in [-0.4, -0.2) is 33.7 Å². The number of carbonyl (C=O) groups excluding carboxylic acids is 1. The Balaban J connectivity index is 1.81. The Morgan fingerprint density at radius 1 is 1.08 bits per heavy atom. The van der Waals surface area contributed by atoms with Gasteiger partial charge in [0, 0.05) is 19.3 Å². The molecule has 0 aliphatic carbocycles. The molecule has 1 aliphatic heterocycles. The zero-order chi connectivity index (χ0) is 17.2. The van der Waals surface area contributed by atoms with Crippen molar-refractivity contribution in [2.24, 2.45) is 0 Å². The molecule has 6 nitrogen and oxygen atoms in total. The monoisotopic (exact) mass is 348 g/mol. The van der Waals surface area contributed by atoms with Crippen LogP contribution in [0.25, 0.3) is 0 Å². The lowest BCUT2D eigenvalue weighted by molar-refractivity contribution is 0.0991. The second-order valence-corrected chi connectivity index (χ2v) is 7.86. The third kappa shape index (κ3) is 3.62. The molecule has 3 rings (SSSR count). The molecule has 24 heavy (non-hydrogen) atoms. The highest BCUT2D eigenvalue weighted by Crippen LogP contribution is 2.28. The van der Waals surface area contributed by atoms with Crippen molar-refractivity contribution >= 4 is 27.1 Å². The van der Waals surface area contributed by atoms with Gasteiger partial charge in [-0.25, -0.2) is 8.42 Å². The third-order valence-corrected chi connectivity index (χ3v) is 4.97. The van der Waals surface area contributed by atoms with E-state index in [9.17, 15) is 13.2 Å². The molecule has 0 saturated carbocycles. The number of furan rings is 1. The molecule has 128 valence electrons. The predicted octanol–water partition coefficient (Wildman–Crippen LogP) is 2.93.